The normalized spacial score (nSPS) is 16.0. The highest BCUT2D eigenvalue weighted by Gasteiger charge is 2.29. The second-order valence-corrected chi connectivity index (χ2v) is 6.25. The Labute approximate surface area is 145 Å². The molecular formula is C17H22N2O6. The molecule has 1 saturated carbocycles. The lowest BCUT2D eigenvalue weighted by Crippen LogP contribution is -2.37. The summed E-state index contributed by atoms with van der Waals surface area (Å²) in [6.45, 7) is -0.164. The number of nitrogens with zero attached hydrogens (tertiary/aromatic N) is 1. The molecule has 0 aliphatic heterocycles. The van der Waals surface area contributed by atoms with Crippen LogP contribution in [-0.4, -0.2) is 28.6 Å². The lowest BCUT2D eigenvalue weighted by Gasteiger charge is -2.27. The molecule has 1 fully saturated rings. The quantitative estimate of drug-likeness (QED) is 0.549. The molecule has 1 aromatic rings. The van der Waals surface area contributed by atoms with Crippen molar-refractivity contribution in [2.24, 2.45) is 11.8 Å². The van der Waals surface area contributed by atoms with Crippen LogP contribution in [-0.2, 0) is 16.2 Å². The zero-order valence-electron chi connectivity index (χ0n) is 13.8. The third-order valence-corrected chi connectivity index (χ3v) is 4.54. The van der Waals surface area contributed by atoms with Gasteiger partial charge in [-0.2, -0.15) is 0 Å². The van der Waals surface area contributed by atoms with Crippen LogP contribution in [0.4, 0.5) is 0 Å². The first-order valence-corrected chi connectivity index (χ1v) is 8.34. The first kappa shape index (κ1) is 18.7. The number of rotatable bonds is 8. The number of hydrogen-bond acceptors (Lipinski definition) is 5. The maximum Gasteiger partial charge on any atom is 0.308 e. The van der Waals surface area contributed by atoms with Crippen LogP contribution in [0.15, 0.2) is 24.3 Å². The van der Waals surface area contributed by atoms with Gasteiger partial charge in [0, 0.05) is 12.1 Å². The number of carbonyl (C=O) groups is 2. The Morgan fingerprint density at radius 1 is 1.32 bits per heavy atom. The van der Waals surface area contributed by atoms with Gasteiger partial charge in [-0.3, -0.25) is 9.59 Å². The van der Waals surface area contributed by atoms with Crippen LogP contribution in [0.25, 0.3) is 0 Å². The van der Waals surface area contributed by atoms with E-state index in [1.807, 2.05) is 0 Å². The number of nitrogens with one attached hydrogen (secondary N) is 1. The molecule has 0 aromatic heterocycles. The highest BCUT2D eigenvalue weighted by molar-refractivity contribution is 5.94. The molecule has 136 valence electrons. The van der Waals surface area contributed by atoms with E-state index in [4.69, 9.17) is 0 Å². The van der Waals surface area contributed by atoms with Gasteiger partial charge in [0.2, 0.25) is 0 Å². The second-order valence-electron chi connectivity index (χ2n) is 6.25. The molecule has 1 aliphatic rings. The van der Waals surface area contributed by atoms with E-state index in [2.05, 4.69) is 10.2 Å². The lowest BCUT2D eigenvalue weighted by atomic mass is 9.80. The summed E-state index contributed by atoms with van der Waals surface area (Å²) in [6.07, 6.45) is 4.94. The average Bonchev–Trinajstić information content (AvgIpc) is 2.61. The van der Waals surface area contributed by atoms with E-state index in [0.717, 1.165) is 32.1 Å². The summed E-state index contributed by atoms with van der Waals surface area (Å²) in [6, 6.07) is 6.28. The molecule has 2 N–H and O–H groups in total. The van der Waals surface area contributed by atoms with Gasteiger partial charge in [0.25, 0.3) is 11.0 Å². The maximum absolute atomic E-state index is 12.3. The zero-order valence-corrected chi connectivity index (χ0v) is 13.8. The van der Waals surface area contributed by atoms with E-state index in [-0.39, 0.29) is 19.1 Å². The minimum absolute atomic E-state index is 0.0778. The maximum atomic E-state index is 12.3. The predicted octanol–water partition coefficient (Wildman–Crippen LogP) is 2.41. The minimum Gasteiger partial charge on any atom is -0.481 e. The predicted molar refractivity (Wildman–Crippen MR) is 88.3 cm³/mol. The monoisotopic (exact) mass is 350 g/mol. The Kier molecular flexibility index (Phi) is 6.73. The summed E-state index contributed by atoms with van der Waals surface area (Å²) in [5.41, 5.74) is 0.809. The first-order valence-electron chi connectivity index (χ1n) is 8.34. The molecule has 1 amide bonds. The van der Waals surface area contributed by atoms with Gasteiger partial charge in [0.15, 0.2) is 0 Å². The fourth-order valence-electron chi connectivity index (χ4n) is 3.23. The summed E-state index contributed by atoms with van der Waals surface area (Å²) < 4.78 is 0. The molecule has 1 unspecified atom stereocenters. The van der Waals surface area contributed by atoms with Gasteiger partial charge >= 0.3 is 5.97 Å². The van der Waals surface area contributed by atoms with Crippen molar-refractivity contribution in [3.63, 3.8) is 0 Å². The summed E-state index contributed by atoms with van der Waals surface area (Å²) in [5.74, 6) is -1.79. The van der Waals surface area contributed by atoms with Crippen molar-refractivity contribution in [3.05, 3.63) is 45.5 Å². The Bertz CT molecular complexity index is 627. The molecule has 8 heteroatoms. The van der Waals surface area contributed by atoms with Crippen LogP contribution in [0.1, 0.15) is 48.0 Å². The number of amides is 1. The highest BCUT2D eigenvalue weighted by Crippen LogP contribution is 2.30. The van der Waals surface area contributed by atoms with Crippen molar-refractivity contribution in [2.45, 2.75) is 38.7 Å². The molecule has 0 spiro atoms. The van der Waals surface area contributed by atoms with Gasteiger partial charge in [-0.15, -0.1) is 10.1 Å². The van der Waals surface area contributed by atoms with E-state index in [1.165, 1.54) is 6.07 Å². The van der Waals surface area contributed by atoms with E-state index in [9.17, 15) is 24.8 Å². The fourth-order valence-corrected chi connectivity index (χ4v) is 3.23. The molecule has 25 heavy (non-hydrogen) atoms. The summed E-state index contributed by atoms with van der Waals surface area (Å²) in [4.78, 5) is 38.3. The van der Waals surface area contributed by atoms with Gasteiger partial charge in [-0.1, -0.05) is 31.4 Å². The fraction of sp³-hybridized carbons (Fsp3) is 0.529. The van der Waals surface area contributed by atoms with Crippen LogP contribution < -0.4 is 5.32 Å². The van der Waals surface area contributed by atoms with Crippen molar-refractivity contribution >= 4 is 11.9 Å². The van der Waals surface area contributed by atoms with Crippen molar-refractivity contribution in [3.8, 4) is 0 Å². The van der Waals surface area contributed by atoms with Crippen LogP contribution in [0.5, 0.6) is 0 Å². The van der Waals surface area contributed by atoms with Crippen molar-refractivity contribution < 1.29 is 24.6 Å². The van der Waals surface area contributed by atoms with E-state index >= 15 is 0 Å². The van der Waals surface area contributed by atoms with E-state index < -0.39 is 22.9 Å². The topological polar surface area (TPSA) is 119 Å². The SMILES string of the molecule is O=C(NCC(C(=O)O)C1CCCCC1)c1cccc(CO[N+](=O)[O-])c1. The summed E-state index contributed by atoms with van der Waals surface area (Å²) in [7, 11) is 0. The largest absolute Gasteiger partial charge is 0.481 e. The summed E-state index contributed by atoms with van der Waals surface area (Å²) >= 11 is 0. The lowest BCUT2D eigenvalue weighted by molar-refractivity contribution is -0.763. The van der Waals surface area contributed by atoms with Crippen molar-refractivity contribution in [2.75, 3.05) is 6.54 Å². The molecule has 0 saturated heterocycles. The average molecular weight is 350 g/mol. The standard InChI is InChI=1S/C17H22N2O6/c20-16(14-8-4-5-12(9-14)11-25-19(23)24)18-10-15(17(21)22)13-6-2-1-3-7-13/h4-5,8-9,13,15H,1-3,6-7,10-11H2,(H,18,20)(H,21,22). The van der Waals surface area contributed by atoms with Gasteiger partial charge in [-0.05, 0) is 36.5 Å². The molecular weight excluding hydrogens is 328 g/mol. The molecule has 0 radical (unpaired) electrons. The van der Waals surface area contributed by atoms with Gasteiger partial charge in [0.05, 0.1) is 5.92 Å². The number of carbonyl (C=O) groups excluding carboxylic acids is 1. The Hall–Kier alpha value is -2.64. The second kappa shape index (κ2) is 9.00. The van der Waals surface area contributed by atoms with E-state index in [0.29, 0.717) is 11.1 Å². The van der Waals surface area contributed by atoms with Crippen molar-refractivity contribution in [1.82, 2.24) is 5.32 Å². The minimum atomic E-state index is -0.894. The van der Waals surface area contributed by atoms with Crippen LogP contribution in [0.3, 0.4) is 0 Å². The van der Waals surface area contributed by atoms with Gasteiger partial charge in [0.1, 0.15) is 6.61 Å². The molecule has 8 nitrogen and oxygen atoms in total. The van der Waals surface area contributed by atoms with E-state index in [1.54, 1.807) is 18.2 Å². The van der Waals surface area contributed by atoms with Crippen molar-refractivity contribution in [1.29, 1.82) is 0 Å². The highest BCUT2D eigenvalue weighted by atomic mass is 16.9. The molecule has 0 bridgehead atoms. The number of hydrogen-bond donors (Lipinski definition) is 2. The zero-order chi connectivity index (χ0) is 18.2. The third kappa shape index (κ3) is 5.74. The summed E-state index contributed by atoms with van der Waals surface area (Å²) in [5, 5.41) is 21.5. The number of carboxylic acids is 1. The third-order valence-electron chi connectivity index (χ3n) is 4.54. The Morgan fingerprint density at radius 2 is 2.04 bits per heavy atom. The molecule has 1 aliphatic carbocycles. The Balaban J connectivity index is 1.94. The van der Waals surface area contributed by atoms with Crippen LogP contribution >= 0.6 is 0 Å². The molecule has 1 atom stereocenters. The van der Waals surface area contributed by atoms with Crippen LogP contribution in [0, 0.1) is 22.0 Å². The van der Waals surface area contributed by atoms with Gasteiger partial charge < -0.3 is 15.3 Å². The van der Waals surface area contributed by atoms with Crippen LogP contribution in [0.2, 0.25) is 0 Å². The number of carboxylic acid groups (broad SMARTS) is 1. The Morgan fingerprint density at radius 3 is 2.68 bits per heavy atom. The molecule has 2 rings (SSSR count). The number of benzene rings is 1. The smallest absolute Gasteiger partial charge is 0.308 e. The molecule has 0 heterocycles. The van der Waals surface area contributed by atoms with Gasteiger partial charge in [-0.25, -0.2) is 0 Å². The first-order chi connectivity index (χ1) is 12.0. The molecule has 1 aromatic carbocycles. The number of aliphatic carboxylic acids is 1.